The predicted octanol–water partition coefficient (Wildman–Crippen LogP) is 4.05. The van der Waals surface area contributed by atoms with Crippen molar-refractivity contribution in [3.63, 3.8) is 0 Å². The molecule has 0 radical (unpaired) electrons. The lowest BCUT2D eigenvalue weighted by Gasteiger charge is -2.26. The maximum absolute atomic E-state index is 13.2. The number of allylic oxidation sites excluding steroid dienone is 6. The van der Waals surface area contributed by atoms with Gasteiger partial charge < -0.3 is 10.0 Å². The molecule has 0 saturated carbocycles. The van der Waals surface area contributed by atoms with E-state index in [0.717, 1.165) is 6.08 Å². The molecule has 0 unspecified atom stereocenters. The van der Waals surface area contributed by atoms with Gasteiger partial charge in [0.05, 0.1) is 11.3 Å². The number of hydrogen-bond acceptors (Lipinski definition) is 2. The fraction of sp³-hybridized carbons (Fsp3) is 0.375. The summed E-state index contributed by atoms with van der Waals surface area (Å²) in [6.07, 6.45) is 2.86. The van der Waals surface area contributed by atoms with E-state index in [0.29, 0.717) is 6.42 Å². The second-order valence-corrected chi connectivity index (χ2v) is 4.75. The highest BCUT2D eigenvalue weighted by molar-refractivity contribution is 5.93. The van der Waals surface area contributed by atoms with E-state index in [1.807, 2.05) is 0 Å². The third kappa shape index (κ3) is 4.84. The number of likely N-dealkylation sites (N-methyl/N-ethyl adjacent to an activating group) is 1. The van der Waals surface area contributed by atoms with Gasteiger partial charge in [-0.2, -0.15) is 13.2 Å². The molecule has 0 aromatic carbocycles. The van der Waals surface area contributed by atoms with Gasteiger partial charge in [-0.1, -0.05) is 31.2 Å². The van der Waals surface area contributed by atoms with E-state index in [1.165, 1.54) is 37.1 Å². The zero-order valence-electron chi connectivity index (χ0n) is 13.2. The highest BCUT2D eigenvalue weighted by atomic mass is 19.4. The number of carboxylic acids is 1. The number of aliphatic imine (C=N–C) groups is 1. The Hall–Kier alpha value is -2.31. The van der Waals surface area contributed by atoms with Crippen LogP contribution < -0.4 is 0 Å². The van der Waals surface area contributed by atoms with Crippen molar-refractivity contribution in [2.75, 3.05) is 7.05 Å². The van der Waals surface area contributed by atoms with Crippen LogP contribution in [0.4, 0.5) is 13.2 Å². The van der Waals surface area contributed by atoms with Crippen LogP contribution >= 0.6 is 0 Å². The van der Waals surface area contributed by atoms with Crippen molar-refractivity contribution in [2.24, 2.45) is 4.99 Å². The summed E-state index contributed by atoms with van der Waals surface area (Å²) in [4.78, 5) is 16.3. The molecule has 1 rings (SSSR count). The quantitative estimate of drug-likeness (QED) is 0.481. The number of carbonyl (C=O) groups is 1. The number of amidine groups is 1. The summed E-state index contributed by atoms with van der Waals surface area (Å²) in [6, 6.07) is 0. The first kappa shape index (κ1) is 18.7. The molecule has 0 atom stereocenters. The van der Waals surface area contributed by atoms with Crippen molar-refractivity contribution in [3.05, 3.63) is 47.3 Å². The Morgan fingerprint density at radius 2 is 2.13 bits per heavy atom. The summed E-state index contributed by atoms with van der Waals surface area (Å²) in [5, 5.41) is 9.03. The molecule has 0 aliphatic heterocycles. The maximum atomic E-state index is 13.2. The van der Waals surface area contributed by atoms with E-state index in [4.69, 9.17) is 5.11 Å². The number of hydrogen-bond donors (Lipinski definition) is 1. The lowest BCUT2D eigenvalue weighted by Crippen LogP contribution is -2.30. The van der Waals surface area contributed by atoms with Gasteiger partial charge in [0, 0.05) is 13.5 Å². The molecule has 0 aromatic heterocycles. The SMILES string of the molecule is C/C=C(/N=C(CC)N(C)C1=CCC=CC=C1C(F)(F)F)C(=O)O. The van der Waals surface area contributed by atoms with Crippen molar-refractivity contribution >= 4 is 11.8 Å². The molecule has 4 nitrogen and oxygen atoms in total. The summed E-state index contributed by atoms with van der Waals surface area (Å²) >= 11 is 0. The van der Waals surface area contributed by atoms with Crippen molar-refractivity contribution in [1.29, 1.82) is 0 Å². The Kier molecular flexibility index (Phi) is 6.36. The van der Waals surface area contributed by atoms with E-state index in [1.54, 1.807) is 13.0 Å². The molecular weight excluding hydrogens is 309 g/mol. The molecule has 1 aliphatic carbocycles. The summed E-state index contributed by atoms with van der Waals surface area (Å²) in [5.74, 6) is -0.987. The molecular formula is C16H19F3N2O2. The fourth-order valence-electron chi connectivity index (χ4n) is 2.08. The number of aliphatic carboxylic acids is 1. The fourth-order valence-corrected chi connectivity index (χ4v) is 2.08. The van der Waals surface area contributed by atoms with Gasteiger partial charge >= 0.3 is 12.1 Å². The summed E-state index contributed by atoms with van der Waals surface area (Å²) < 4.78 is 39.7. The van der Waals surface area contributed by atoms with Crippen LogP contribution in [0.1, 0.15) is 26.7 Å². The van der Waals surface area contributed by atoms with Gasteiger partial charge in [-0.3, -0.25) is 0 Å². The minimum Gasteiger partial charge on any atom is -0.477 e. The topological polar surface area (TPSA) is 52.9 Å². The summed E-state index contributed by atoms with van der Waals surface area (Å²) in [7, 11) is 1.45. The third-order valence-electron chi connectivity index (χ3n) is 3.23. The van der Waals surface area contributed by atoms with Crippen LogP contribution in [0.3, 0.4) is 0 Å². The van der Waals surface area contributed by atoms with Crippen LogP contribution in [0, 0.1) is 0 Å². The minimum absolute atomic E-state index is 0.0380. The number of alkyl halides is 3. The highest BCUT2D eigenvalue weighted by Gasteiger charge is 2.37. The van der Waals surface area contributed by atoms with E-state index in [2.05, 4.69) is 4.99 Å². The van der Waals surface area contributed by atoms with Crippen LogP contribution in [0.2, 0.25) is 0 Å². The lowest BCUT2D eigenvalue weighted by molar-refractivity contribution is -0.132. The number of nitrogens with zero attached hydrogens (tertiary/aromatic N) is 2. The van der Waals surface area contributed by atoms with E-state index < -0.39 is 17.7 Å². The normalized spacial score (nSPS) is 16.6. The molecule has 0 fully saturated rings. The number of halogens is 3. The smallest absolute Gasteiger partial charge is 0.418 e. The summed E-state index contributed by atoms with van der Waals surface area (Å²) in [5.41, 5.74) is -1.03. The van der Waals surface area contributed by atoms with Crippen LogP contribution in [-0.2, 0) is 4.79 Å². The Bertz CT molecular complexity index is 611. The molecule has 0 aromatic rings. The van der Waals surface area contributed by atoms with Crippen LogP contribution in [0.25, 0.3) is 0 Å². The van der Waals surface area contributed by atoms with Gasteiger partial charge in [-0.05, 0) is 19.4 Å². The molecule has 7 heteroatoms. The molecule has 0 bridgehead atoms. The first-order valence-corrected chi connectivity index (χ1v) is 7.07. The van der Waals surface area contributed by atoms with Gasteiger partial charge in [0.25, 0.3) is 0 Å². The second kappa shape index (κ2) is 7.80. The van der Waals surface area contributed by atoms with Gasteiger partial charge in [0.2, 0.25) is 0 Å². The van der Waals surface area contributed by atoms with Gasteiger partial charge in [0.15, 0.2) is 0 Å². The highest BCUT2D eigenvalue weighted by Crippen LogP contribution is 2.34. The van der Waals surface area contributed by atoms with E-state index in [9.17, 15) is 18.0 Å². The Balaban J connectivity index is 3.28. The molecule has 126 valence electrons. The zero-order chi connectivity index (χ0) is 17.6. The van der Waals surface area contributed by atoms with Gasteiger partial charge in [0.1, 0.15) is 11.5 Å². The standard InChI is InChI=1S/C16H19F3N2O2/c1-4-12(15(22)23)20-14(5-2)21(3)13-10-8-6-7-9-11(13)16(17,18)19/h4,6-7,9-10H,5,8H2,1-3H3,(H,22,23)/b12-4+,20-14?. The largest absolute Gasteiger partial charge is 0.477 e. The first-order chi connectivity index (χ1) is 10.7. The minimum atomic E-state index is -4.51. The van der Waals surface area contributed by atoms with E-state index >= 15 is 0 Å². The van der Waals surface area contributed by atoms with Crippen molar-refractivity contribution in [2.45, 2.75) is 32.9 Å². The average Bonchev–Trinajstić information content (AvgIpc) is 2.72. The summed E-state index contributed by atoms with van der Waals surface area (Å²) in [6.45, 7) is 3.22. The molecule has 23 heavy (non-hydrogen) atoms. The zero-order valence-corrected chi connectivity index (χ0v) is 13.2. The van der Waals surface area contributed by atoms with Crippen LogP contribution in [0.5, 0.6) is 0 Å². The predicted molar refractivity (Wildman–Crippen MR) is 82.9 cm³/mol. The molecule has 0 spiro atoms. The Morgan fingerprint density at radius 1 is 1.48 bits per heavy atom. The van der Waals surface area contributed by atoms with Crippen molar-refractivity contribution in [1.82, 2.24) is 4.90 Å². The van der Waals surface area contributed by atoms with Crippen LogP contribution in [0.15, 0.2) is 52.3 Å². The Morgan fingerprint density at radius 3 is 2.61 bits per heavy atom. The molecule has 0 saturated heterocycles. The molecule has 1 N–H and O–H groups in total. The Labute approximate surface area is 133 Å². The van der Waals surface area contributed by atoms with Gasteiger partial charge in [-0.15, -0.1) is 0 Å². The van der Waals surface area contributed by atoms with Crippen molar-refractivity contribution < 1.29 is 23.1 Å². The van der Waals surface area contributed by atoms with E-state index in [-0.39, 0.29) is 23.7 Å². The third-order valence-corrected chi connectivity index (χ3v) is 3.23. The lowest BCUT2D eigenvalue weighted by atomic mass is 10.1. The molecule has 0 amide bonds. The molecule has 0 heterocycles. The average molecular weight is 328 g/mol. The second-order valence-electron chi connectivity index (χ2n) is 4.75. The van der Waals surface area contributed by atoms with Crippen molar-refractivity contribution in [3.8, 4) is 0 Å². The molecule has 1 aliphatic rings. The maximum Gasteiger partial charge on any atom is 0.418 e. The monoisotopic (exact) mass is 328 g/mol. The first-order valence-electron chi connectivity index (χ1n) is 7.07. The number of rotatable bonds is 4. The van der Waals surface area contributed by atoms with Crippen LogP contribution in [-0.4, -0.2) is 35.0 Å². The number of carboxylic acid groups (broad SMARTS) is 1. The van der Waals surface area contributed by atoms with Gasteiger partial charge in [-0.25, -0.2) is 9.79 Å².